The van der Waals surface area contributed by atoms with E-state index in [1.165, 1.54) is 10.8 Å². The van der Waals surface area contributed by atoms with Gasteiger partial charge in [0, 0.05) is 31.1 Å². The molecule has 0 amide bonds. The summed E-state index contributed by atoms with van der Waals surface area (Å²) in [6.45, 7) is 0.0407. The molecule has 2 aliphatic heterocycles. The monoisotopic (exact) mass is 406 g/mol. The lowest BCUT2D eigenvalue weighted by atomic mass is 10.1. The van der Waals surface area contributed by atoms with E-state index in [1.807, 2.05) is 0 Å². The zero-order valence-electron chi connectivity index (χ0n) is 15.2. The highest BCUT2D eigenvalue weighted by molar-refractivity contribution is 5.91. The van der Waals surface area contributed by atoms with Gasteiger partial charge in [0.25, 0.3) is 11.9 Å². The van der Waals surface area contributed by atoms with Crippen molar-refractivity contribution >= 4 is 23.0 Å². The second-order valence-corrected chi connectivity index (χ2v) is 7.03. The lowest BCUT2D eigenvalue weighted by Crippen LogP contribution is -2.28. The number of H-pyrrole nitrogens is 1. The maximum absolute atomic E-state index is 14.0. The van der Waals surface area contributed by atoms with Crippen molar-refractivity contribution in [1.82, 2.24) is 29.8 Å². The molecule has 3 aromatic rings. The molecule has 2 fully saturated rings. The van der Waals surface area contributed by atoms with Crippen molar-refractivity contribution in [3.63, 3.8) is 0 Å². The summed E-state index contributed by atoms with van der Waals surface area (Å²) in [5, 5.41) is 10.9. The summed E-state index contributed by atoms with van der Waals surface area (Å²) in [5.74, 6) is -2.74. The van der Waals surface area contributed by atoms with E-state index in [0.717, 1.165) is 0 Å². The molecule has 0 bridgehead atoms. The Hall–Kier alpha value is -3.02. The van der Waals surface area contributed by atoms with E-state index in [2.05, 4.69) is 30.3 Å². The van der Waals surface area contributed by atoms with Crippen molar-refractivity contribution in [2.24, 2.45) is 4.99 Å². The topological polar surface area (TPSA) is 96.6 Å². The van der Waals surface area contributed by atoms with Crippen LogP contribution in [0.25, 0.3) is 16.9 Å². The van der Waals surface area contributed by atoms with Crippen LogP contribution in [0.1, 0.15) is 12.8 Å². The molecule has 3 aromatic heterocycles. The number of fused-ring (bicyclic) bond motifs is 1. The number of aromatic nitrogens is 6. The van der Waals surface area contributed by atoms with Gasteiger partial charge in [0.05, 0.1) is 31.7 Å². The van der Waals surface area contributed by atoms with Crippen molar-refractivity contribution in [3.8, 4) is 11.3 Å². The zero-order valence-corrected chi connectivity index (χ0v) is 15.2. The first-order chi connectivity index (χ1) is 14.0. The summed E-state index contributed by atoms with van der Waals surface area (Å²) in [7, 11) is 0. The van der Waals surface area contributed by atoms with E-state index in [1.54, 1.807) is 17.3 Å². The molecular weight excluding hydrogens is 389 g/mol. The Kier molecular flexibility index (Phi) is 4.23. The number of rotatable bonds is 3. The van der Waals surface area contributed by atoms with Crippen LogP contribution in [0.3, 0.4) is 0 Å². The number of nitrogens with one attached hydrogen (secondary N) is 1. The van der Waals surface area contributed by atoms with E-state index >= 15 is 0 Å². The Labute approximate surface area is 162 Å². The maximum Gasteiger partial charge on any atom is 0.269 e. The lowest BCUT2D eigenvalue weighted by molar-refractivity contribution is 0.0257. The molecule has 0 aromatic carbocycles. The molecule has 5 rings (SSSR count). The van der Waals surface area contributed by atoms with Gasteiger partial charge in [0.15, 0.2) is 11.8 Å². The fraction of sp³-hybridized carbons (Fsp3) is 0.471. The Morgan fingerprint density at radius 1 is 1.34 bits per heavy atom. The van der Waals surface area contributed by atoms with Gasteiger partial charge in [-0.15, -0.1) is 5.10 Å². The number of hydrogen-bond donors (Lipinski definition) is 1. The molecule has 12 heteroatoms. The normalized spacial score (nSPS) is 23.3. The Morgan fingerprint density at radius 3 is 2.97 bits per heavy atom. The van der Waals surface area contributed by atoms with Crippen LogP contribution in [0.5, 0.6) is 0 Å². The first-order valence-electron chi connectivity index (χ1n) is 9.17. The van der Waals surface area contributed by atoms with Crippen LogP contribution in [-0.4, -0.2) is 73.9 Å². The van der Waals surface area contributed by atoms with Crippen LogP contribution in [0.4, 0.5) is 24.8 Å². The minimum atomic E-state index is -2.80. The summed E-state index contributed by atoms with van der Waals surface area (Å²) in [6.07, 6.45) is 3.40. The smallest absolute Gasteiger partial charge is 0.269 e. The van der Waals surface area contributed by atoms with Gasteiger partial charge in [0.2, 0.25) is 0 Å². The standard InChI is InChI=1S/C17H17F3N8O/c18-11-7-29-4-1-12(11)24-16-25-15-14(27-3-2-17(19,20)8-27)13(10-5-22-23-6-10)21-9-28(15)26-16/h5-6,9,11H,1-4,7-8H2,(H,22,23)/b24-12+/t11-/m1/s1. The molecule has 5 heterocycles. The average Bonchev–Trinajstić information content (AvgIpc) is 3.42. The molecule has 1 atom stereocenters. The molecule has 0 spiro atoms. The number of nitrogens with zero attached hydrogens (tertiary/aromatic N) is 7. The number of anilines is 1. The number of halogens is 3. The van der Waals surface area contributed by atoms with Crippen LogP contribution >= 0.6 is 0 Å². The Balaban J connectivity index is 1.63. The van der Waals surface area contributed by atoms with Gasteiger partial charge in [0.1, 0.15) is 17.7 Å². The molecular formula is C17H17F3N8O. The molecule has 0 aliphatic carbocycles. The van der Waals surface area contributed by atoms with Crippen molar-refractivity contribution in [1.29, 1.82) is 0 Å². The van der Waals surface area contributed by atoms with Crippen LogP contribution in [-0.2, 0) is 4.74 Å². The third kappa shape index (κ3) is 3.33. The summed E-state index contributed by atoms with van der Waals surface area (Å²) >= 11 is 0. The van der Waals surface area contributed by atoms with Gasteiger partial charge < -0.3 is 9.64 Å². The van der Waals surface area contributed by atoms with E-state index in [4.69, 9.17) is 4.74 Å². The maximum atomic E-state index is 14.0. The van der Waals surface area contributed by atoms with E-state index < -0.39 is 18.6 Å². The molecule has 1 N–H and O–H groups in total. The largest absolute Gasteiger partial charge is 0.378 e. The van der Waals surface area contributed by atoms with Crippen LogP contribution in [0.2, 0.25) is 0 Å². The Bertz CT molecular complexity index is 1060. The summed E-state index contributed by atoms with van der Waals surface area (Å²) < 4.78 is 48.3. The van der Waals surface area contributed by atoms with E-state index in [9.17, 15) is 13.2 Å². The molecule has 152 valence electrons. The number of aromatic amines is 1. The predicted octanol–water partition coefficient (Wildman–Crippen LogP) is 2.19. The van der Waals surface area contributed by atoms with Gasteiger partial charge in [-0.1, -0.05) is 0 Å². The second-order valence-electron chi connectivity index (χ2n) is 7.03. The van der Waals surface area contributed by atoms with E-state index in [0.29, 0.717) is 41.3 Å². The van der Waals surface area contributed by atoms with Gasteiger partial charge in [-0.25, -0.2) is 23.1 Å². The molecule has 2 aliphatic rings. The molecule has 0 saturated carbocycles. The molecule has 29 heavy (non-hydrogen) atoms. The van der Waals surface area contributed by atoms with Gasteiger partial charge in [-0.2, -0.15) is 14.6 Å². The third-order valence-corrected chi connectivity index (χ3v) is 4.98. The minimum Gasteiger partial charge on any atom is -0.378 e. The van der Waals surface area contributed by atoms with Crippen molar-refractivity contribution in [3.05, 3.63) is 18.7 Å². The van der Waals surface area contributed by atoms with Crippen LogP contribution in [0.15, 0.2) is 23.7 Å². The van der Waals surface area contributed by atoms with Crippen molar-refractivity contribution < 1.29 is 17.9 Å². The first kappa shape index (κ1) is 18.0. The summed E-state index contributed by atoms with van der Waals surface area (Å²) in [5.41, 5.74) is 2.17. The number of hydrogen-bond acceptors (Lipinski definition) is 7. The predicted molar refractivity (Wildman–Crippen MR) is 97.6 cm³/mol. The fourth-order valence-corrected chi connectivity index (χ4v) is 3.56. The highest BCUT2D eigenvalue weighted by Gasteiger charge is 2.40. The molecule has 2 saturated heterocycles. The second kappa shape index (κ2) is 6.79. The van der Waals surface area contributed by atoms with Gasteiger partial charge in [-0.3, -0.25) is 5.10 Å². The fourth-order valence-electron chi connectivity index (χ4n) is 3.56. The number of alkyl halides is 3. The molecule has 0 unspecified atom stereocenters. The Morgan fingerprint density at radius 2 is 2.24 bits per heavy atom. The average molecular weight is 406 g/mol. The van der Waals surface area contributed by atoms with Crippen molar-refractivity contribution in [2.45, 2.75) is 24.9 Å². The number of aliphatic imine (C=N–C) groups is 1. The summed E-state index contributed by atoms with van der Waals surface area (Å²) in [4.78, 5) is 14.6. The highest BCUT2D eigenvalue weighted by atomic mass is 19.3. The van der Waals surface area contributed by atoms with Gasteiger partial charge in [-0.05, 0) is 0 Å². The highest BCUT2D eigenvalue weighted by Crippen LogP contribution is 2.38. The number of ether oxygens (including phenoxy) is 1. The first-order valence-corrected chi connectivity index (χ1v) is 9.17. The quantitative estimate of drug-likeness (QED) is 0.716. The van der Waals surface area contributed by atoms with Gasteiger partial charge >= 0.3 is 0 Å². The van der Waals surface area contributed by atoms with Crippen LogP contribution in [0, 0.1) is 0 Å². The van der Waals surface area contributed by atoms with Crippen LogP contribution < -0.4 is 4.90 Å². The molecule has 9 nitrogen and oxygen atoms in total. The zero-order chi connectivity index (χ0) is 20.0. The van der Waals surface area contributed by atoms with E-state index in [-0.39, 0.29) is 25.5 Å². The summed E-state index contributed by atoms with van der Waals surface area (Å²) in [6, 6.07) is 0. The third-order valence-electron chi connectivity index (χ3n) is 4.98. The SMILES string of the molecule is F[C@@H]1COCC/C1=N\c1nc2c(N3CCC(F)(F)C3)c(-c3cn[nH]c3)ncn2n1. The molecule has 0 radical (unpaired) electrons. The van der Waals surface area contributed by atoms with Crippen molar-refractivity contribution in [2.75, 3.05) is 31.2 Å². The minimum absolute atomic E-state index is 0.0491. The lowest BCUT2D eigenvalue weighted by Gasteiger charge is -2.20.